The lowest BCUT2D eigenvalue weighted by Crippen LogP contribution is -2.22. The molecule has 28 heavy (non-hydrogen) atoms. The average molecular weight is 386 g/mol. The minimum Gasteiger partial charge on any atom is -0.504 e. The zero-order valence-electron chi connectivity index (χ0n) is 14.7. The van der Waals surface area contributed by atoms with Crippen molar-refractivity contribution >= 4 is 30.2 Å². The van der Waals surface area contributed by atoms with Crippen molar-refractivity contribution in [1.82, 2.24) is 0 Å². The highest BCUT2D eigenvalue weighted by molar-refractivity contribution is 5.91. The molecule has 0 saturated heterocycles. The molecule has 8 nitrogen and oxygen atoms in total. The normalized spacial score (nSPS) is 12.3. The Kier molecular flexibility index (Phi) is 6.28. The molecule has 5 N–H and O–H groups in total. The summed E-state index contributed by atoms with van der Waals surface area (Å²) in [6.45, 7) is 1.21. The van der Waals surface area contributed by atoms with E-state index in [2.05, 4.69) is 4.74 Å². The van der Waals surface area contributed by atoms with Crippen molar-refractivity contribution in [2.45, 2.75) is 13.0 Å². The summed E-state index contributed by atoms with van der Waals surface area (Å²) in [5.74, 6) is -3.60. The molecular formula is C20H18O8. The SMILES string of the molecule is CC(OC(=O)/C=C/c1ccc(O)c(O)c1C=Cc1ccc(O)c(O)c1)C(=O)O. The van der Waals surface area contributed by atoms with Gasteiger partial charge in [-0.1, -0.05) is 18.2 Å². The number of hydrogen-bond acceptors (Lipinski definition) is 7. The van der Waals surface area contributed by atoms with Crippen LogP contribution in [0.2, 0.25) is 0 Å². The van der Waals surface area contributed by atoms with Crippen molar-refractivity contribution in [1.29, 1.82) is 0 Å². The number of benzene rings is 2. The summed E-state index contributed by atoms with van der Waals surface area (Å²) in [4.78, 5) is 22.4. The Morgan fingerprint density at radius 1 is 0.929 bits per heavy atom. The second-order valence-electron chi connectivity index (χ2n) is 5.77. The van der Waals surface area contributed by atoms with Crippen LogP contribution in [0.3, 0.4) is 0 Å². The summed E-state index contributed by atoms with van der Waals surface area (Å²) in [5.41, 5.74) is 1.01. The number of carboxylic acid groups (broad SMARTS) is 1. The van der Waals surface area contributed by atoms with Crippen LogP contribution in [-0.2, 0) is 14.3 Å². The van der Waals surface area contributed by atoms with Crippen molar-refractivity contribution < 1.29 is 39.9 Å². The average Bonchev–Trinajstić information content (AvgIpc) is 2.64. The van der Waals surface area contributed by atoms with E-state index in [1.54, 1.807) is 0 Å². The van der Waals surface area contributed by atoms with Crippen LogP contribution in [0.5, 0.6) is 23.0 Å². The third-order valence-electron chi connectivity index (χ3n) is 3.71. The summed E-state index contributed by atoms with van der Waals surface area (Å²) < 4.78 is 4.67. The van der Waals surface area contributed by atoms with Crippen LogP contribution in [0.15, 0.2) is 36.4 Å². The van der Waals surface area contributed by atoms with Gasteiger partial charge in [0.1, 0.15) is 0 Å². The molecule has 0 radical (unpaired) electrons. The Bertz CT molecular complexity index is 959. The van der Waals surface area contributed by atoms with Crippen LogP contribution in [0, 0.1) is 0 Å². The van der Waals surface area contributed by atoms with E-state index >= 15 is 0 Å². The summed E-state index contributed by atoms with van der Waals surface area (Å²) in [7, 11) is 0. The number of phenols is 4. The fourth-order valence-electron chi connectivity index (χ4n) is 2.18. The van der Waals surface area contributed by atoms with Gasteiger partial charge in [-0.3, -0.25) is 0 Å². The number of hydrogen-bond donors (Lipinski definition) is 5. The second kappa shape index (κ2) is 8.63. The van der Waals surface area contributed by atoms with Gasteiger partial charge in [-0.15, -0.1) is 0 Å². The number of carbonyl (C=O) groups excluding carboxylic acids is 1. The fraction of sp³-hybridized carbons (Fsp3) is 0.100. The van der Waals surface area contributed by atoms with Crippen LogP contribution < -0.4 is 0 Å². The van der Waals surface area contributed by atoms with E-state index in [1.807, 2.05) is 0 Å². The lowest BCUT2D eigenvalue weighted by Gasteiger charge is -2.08. The van der Waals surface area contributed by atoms with E-state index in [0.29, 0.717) is 11.1 Å². The molecule has 0 aliphatic rings. The first-order valence-corrected chi connectivity index (χ1v) is 8.05. The van der Waals surface area contributed by atoms with Gasteiger partial charge in [0.25, 0.3) is 0 Å². The molecule has 146 valence electrons. The quantitative estimate of drug-likeness (QED) is 0.221. The molecular weight excluding hydrogens is 368 g/mol. The highest BCUT2D eigenvalue weighted by Gasteiger charge is 2.15. The number of ether oxygens (including phenoxy) is 1. The Labute approximate surface area is 159 Å². The van der Waals surface area contributed by atoms with Gasteiger partial charge in [0, 0.05) is 11.6 Å². The first-order chi connectivity index (χ1) is 13.2. The topological polar surface area (TPSA) is 145 Å². The summed E-state index contributed by atoms with van der Waals surface area (Å²) in [6.07, 6.45) is 3.92. The number of rotatable bonds is 6. The zero-order valence-corrected chi connectivity index (χ0v) is 14.7. The van der Waals surface area contributed by atoms with Crippen molar-refractivity contribution in [2.24, 2.45) is 0 Å². The van der Waals surface area contributed by atoms with Gasteiger partial charge >= 0.3 is 11.9 Å². The number of esters is 1. The van der Waals surface area contributed by atoms with E-state index in [0.717, 1.165) is 6.08 Å². The molecule has 0 heterocycles. The maximum atomic E-state index is 11.7. The largest absolute Gasteiger partial charge is 0.504 e. The van der Waals surface area contributed by atoms with Gasteiger partial charge in [-0.25, -0.2) is 9.59 Å². The molecule has 2 rings (SSSR count). The maximum Gasteiger partial charge on any atom is 0.344 e. The van der Waals surface area contributed by atoms with Crippen molar-refractivity contribution in [3.05, 3.63) is 53.1 Å². The van der Waals surface area contributed by atoms with Crippen LogP contribution in [0.4, 0.5) is 0 Å². The molecule has 1 unspecified atom stereocenters. The van der Waals surface area contributed by atoms with E-state index in [1.165, 1.54) is 55.5 Å². The van der Waals surface area contributed by atoms with Crippen LogP contribution in [0.25, 0.3) is 18.2 Å². The minimum atomic E-state index is -1.31. The van der Waals surface area contributed by atoms with E-state index < -0.39 is 23.8 Å². The van der Waals surface area contributed by atoms with Crippen molar-refractivity contribution in [3.8, 4) is 23.0 Å². The lowest BCUT2D eigenvalue weighted by atomic mass is 10.0. The predicted octanol–water partition coefficient (Wildman–Crippen LogP) is 2.71. The lowest BCUT2D eigenvalue weighted by molar-refractivity contribution is -0.159. The molecule has 1 atom stereocenters. The number of phenolic OH excluding ortho intramolecular Hbond substituents is 4. The molecule has 0 aliphatic carbocycles. The number of aromatic hydroxyl groups is 4. The molecule has 0 saturated carbocycles. The van der Waals surface area contributed by atoms with Crippen molar-refractivity contribution in [3.63, 3.8) is 0 Å². The van der Waals surface area contributed by atoms with Gasteiger partial charge in [-0.2, -0.15) is 0 Å². The second-order valence-corrected chi connectivity index (χ2v) is 5.77. The third-order valence-corrected chi connectivity index (χ3v) is 3.71. The monoisotopic (exact) mass is 386 g/mol. The number of aliphatic carboxylic acids is 1. The summed E-state index contributed by atoms with van der Waals surface area (Å²) in [5, 5.41) is 47.4. The Hall–Kier alpha value is -3.94. The molecule has 2 aromatic carbocycles. The molecule has 8 heteroatoms. The van der Waals surface area contributed by atoms with Gasteiger partial charge in [0.2, 0.25) is 0 Å². The van der Waals surface area contributed by atoms with Gasteiger partial charge in [-0.05, 0) is 48.4 Å². The number of carboxylic acids is 1. The maximum absolute atomic E-state index is 11.7. The van der Waals surface area contributed by atoms with Crippen LogP contribution in [-0.4, -0.2) is 43.6 Å². The van der Waals surface area contributed by atoms with Gasteiger partial charge < -0.3 is 30.3 Å². The predicted molar refractivity (Wildman–Crippen MR) is 101 cm³/mol. The molecule has 2 aromatic rings. The zero-order chi connectivity index (χ0) is 20.8. The smallest absolute Gasteiger partial charge is 0.344 e. The number of carbonyl (C=O) groups is 2. The molecule has 0 fully saturated rings. The van der Waals surface area contributed by atoms with Crippen molar-refractivity contribution in [2.75, 3.05) is 0 Å². The molecule has 0 amide bonds. The summed E-state index contributed by atoms with van der Waals surface area (Å²) in [6, 6.07) is 6.77. The summed E-state index contributed by atoms with van der Waals surface area (Å²) >= 11 is 0. The Balaban J connectivity index is 2.31. The molecule has 0 aliphatic heterocycles. The Morgan fingerprint density at radius 3 is 2.25 bits per heavy atom. The minimum absolute atomic E-state index is 0.169. The first kappa shape index (κ1) is 20.4. The molecule has 0 aromatic heterocycles. The third kappa shape index (κ3) is 5.04. The van der Waals surface area contributed by atoms with Gasteiger partial charge in [0.05, 0.1) is 0 Å². The van der Waals surface area contributed by atoms with Gasteiger partial charge in [0.15, 0.2) is 29.1 Å². The molecule has 0 spiro atoms. The fourth-order valence-corrected chi connectivity index (χ4v) is 2.18. The standard InChI is InChI=1S/C20H18O8/c1-11(20(26)27)28-18(24)9-5-13-4-8-16(22)19(25)14(13)6-2-12-3-7-15(21)17(23)10-12/h2-11,21-23,25H,1H3,(H,26,27)/b6-2?,9-5+. The van der Waals surface area contributed by atoms with Crippen LogP contribution in [0.1, 0.15) is 23.6 Å². The van der Waals surface area contributed by atoms with E-state index in [-0.39, 0.29) is 22.8 Å². The van der Waals surface area contributed by atoms with E-state index in [9.17, 15) is 30.0 Å². The first-order valence-electron chi connectivity index (χ1n) is 8.05. The highest BCUT2D eigenvalue weighted by atomic mass is 16.6. The Morgan fingerprint density at radius 2 is 1.61 bits per heavy atom. The van der Waals surface area contributed by atoms with Crippen LogP contribution >= 0.6 is 0 Å². The van der Waals surface area contributed by atoms with E-state index in [4.69, 9.17) is 5.11 Å². The highest BCUT2D eigenvalue weighted by Crippen LogP contribution is 2.34. The molecule has 0 bridgehead atoms.